The van der Waals surface area contributed by atoms with Crippen LogP contribution in [0.5, 0.6) is 0 Å². The predicted octanol–water partition coefficient (Wildman–Crippen LogP) is 2.02. The van der Waals surface area contributed by atoms with Crippen molar-refractivity contribution in [3.8, 4) is 0 Å². The van der Waals surface area contributed by atoms with Gasteiger partial charge in [-0.1, -0.05) is 0 Å². The number of nitrogens with one attached hydrogen (secondary N) is 1. The highest BCUT2D eigenvalue weighted by atomic mass is 16.5. The maximum Gasteiger partial charge on any atom is 0.0462 e. The Hall–Kier alpha value is -0.120. The number of hydrogen-bond donors (Lipinski definition) is 1. The van der Waals surface area contributed by atoms with Crippen LogP contribution in [0, 0.1) is 0 Å². The second-order valence-electron chi connectivity index (χ2n) is 5.72. The summed E-state index contributed by atoms with van der Waals surface area (Å²) in [6, 6.07) is 2.47. The fourth-order valence-electron chi connectivity index (χ4n) is 2.97. The van der Waals surface area contributed by atoms with Crippen LogP contribution in [0.3, 0.4) is 0 Å². The predicted molar refractivity (Wildman–Crippen MR) is 71.3 cm³/mol. The smallest absolute Gasteiger partial charge is 0.0462 e. The van der Waals surface area contributed by atoms with Gasteiger partial charge in [0.2, 0.25) is 0 Å². The van der Waals surface area contributed by atoms with Crippen LogP contribution in [0.1, 0.15) is 45.4 Å². The van der Waals surface area contributed by atoms with Gasteiger partial charge in [-0.25, -0.2) is 0 Å². The molecule has 1 saturated heterocycles. The Balaban J connectivity index is 1.52. The SMILES string of the molecule is COCCCCCNC1CC(C)N(C2CC2)C1. The van der Waals surface area contributed by atoms with Crippen molar-refractivity contribution >= 4 is 0 Å². The van der Waals surface area contributed by atoms with Gasteiger partial charge in [-0.3, -0.25) is 4.90 Å². The van der Waals surface area contributed by atoms with Crippen molar-refractivity contribution in [1.82, 2.24) is 10.2 Å². The topological polar surface area (TPSA) is 24.5 Å². The molecule has 100 valence electrons. The van der Waals surface area contributed by atoms with Crippen LogP contribution >= 0.6 is 0 Å². The molecule has 0 radical (unpaired) electrons. The van der Waals surface area contributed by atoms with Crippen LogP contribution in [0.2, 0.25) is 0 Å². The molecule has 2 fully saturated rings. The van der Waals surface area contributed by atoms with Gasteiger partial charge >= 0.3 is 0 Å². The Labute approximate surface area is 106 Å². The molecule has 2 rings (SSSR count). The molecule has 0 spiro atoms. The largest absolute Gasteiger partial charge is 0.385 e. The van der Waals surface area contributed by atoms with Crippen molar-refractivity contribution < 1.29 is 4.74 Å². The fourth-order valence-corrected chi connectivity index (χ4v) is 2.97. The Bertz CT molecular complexity index is 218. The van der Waals surface area contributed by atoms with Crippen LogP contribution < -0.4 is 5.32 Å². The van der Waals surface area contributed by atoms with Crippen molar-refractivity contribution in [1.29, 1.82) is 0 Å². The number of nitrogens with zero attached hydrogens (tertiary/aromatic N) is 1. The molecule has 2 unspecified atom stereocenters. The molecule has 0 aromatic carbocycles. The van der Waals surface area contributed by atoms with Crippen LogP contribution in [-0.2, 0) is 4.74 Å². The zero-order valence-electron chi connectivity index (χ0n) is 11.5. The number of methoxy groups -OCH3 is 1. The molecule has 3 heteroatoms. The first-order valence-electron chi connectivity index (χ1n) is 7.29. The minimum absolute atomic E-state index is 0.744. The summed E-state index contributed by atoms with van der Waals surface area (Å²) >= 11 is 0. The van der Waals surface area contributed by atoms with E-state index in [1.807, 2.05) is 0 Å². The van der Waals surface area contributed by atoms with Gasteiger partial charge in [0.1, 0.15) is 0 Å². The van der Waals surface area contributed by atoms with Crippen molar-refractivity contribution in [2.24, 2.45) is 0 Å². The molecule has 1 N–H and O–H groups in total. The molecule has 0 bridgehead atoms. The number of likely N-dealkylation sites (tertiary alicyclic amines) is 1. The van der Waals surface area contributed by atoms with E-state index in [1.165, 1.54) is 51.6 Å². The maximum atomic E-state index is 5.06. The Morgan fingerprint density at radius 2 is 2.06 bits per heavy atom. The summed E-state index contributed by atoms with van der Waals surface area (Å²) < 4.78 is 5.06. The lowest BCUT2D eigenvalue weighted by Crippen LogP contribution is -2.34. The molecule has 0 amide bonds. The Kier molecular flexibility index (Phi) is 5.26. The van der Waals surface area contributed by atoms with Gasteiger partial charge in [0.15, 0.2) is 0 Å². The van der Waals surface area contributed by atoms with E-state index in [0.29, 0.717) is 0 Å². The average molecular weight is 240 g/mol. The summed E-state index contributed by atoms with van der Waals surface area (Å²) in [6.45, 7) is 5.76. The van der Waals surface area contributed by atoms with E-state index in [0.717, 1.165) is 24.7 Å². The van der Waals surface area contributed by atoms with Crippen LogP contribution in [0.15, 0.2) is 0 Å². The summed E-state index contributed by atoms with van der Waals surface area (Å²) in [7, 11) is 1.78. The molecule has 1 aliphatic carbocycles. The van der Waals surface area contributed by atoms with E-state index in [1.54, 1.807) is 7.11 Å². The molecule has 1 heterocycles. The second-order valence-corrected chi connectivity index (χ2v) is 5.72. The van der Waals surface area contributed by atoms with Crippen LogP contribution in [-0.4, -0.2) is 49.8 Å². The summed E-state index contributed by atoms with van der Waals surface area (Å²) in [5, 5.41) is 3.72. The van der Waals surface area contributed by atoms with Gasteiger partial charge < -0.3 is 10.1 Å². The van der Waals surface area contributed by atoms with Gasteiger partial charge in [0.05, 0.1) is 0 Å². The lowest BCUT2D eigenvalue weighted by molar-refractivity contribution is 0.192. The molecule has 0 aromatic rings. The highest BCUT2D eigenvalue weighted by Gasteiger charge is 2.38. The minimum atomic E-state index is 0.744. The molecule has 1 aliphatic heterocycles. The lowest BCUT2D eigenvalue weighted by atomic mass is 10.2. The quantitative estimate of drug-likeness (QED) is 0.657. The highest BCUT2D eigenvalue weighted by molar-refractivity contribution is 4.95. The standard InChI is InChI=1S/C14H28N2O/c1-12-10-13(11-16(12)14-6-7-14)15-8-4-3-5-9-17-2/h12-15H,3-11H2,1-2H3. The van der Waals surface area contributed by atoms with E-state index in [-0.39, 0.29) is 0 Å². The van der Waals surface area contributed by atoms with Crippen molar-refractivity contribution in [2.75, 3.05) is 26.8 Å². The third kappa shape index (κ3) is 4.23. The summed E-state index contributed by atoms with van der Waals surface area (Å²) in [6.07, 6.45) is 8.00. The Morgan fingerprint density at radius 3 is 2.76 bits per heavy atom. The highest BCUT2D eigenvalue weighted by Crippen LogP contribution is 2.33. The number of ether oxygens (including phenoxy) is 1. The van der Waals surface area contributed by atoms with Gasteiger partial charge in [0.25, 0.3) is 0 Å². The van der Waals surface area contributed by atoms with E-state index in [2.05, 4.69) is 17.1 Å². The van der Waals surface area contributed by atoms with Crippen LogP contribution in [0.4, 0.5) is 0 Å². The Morgan fingerprint density at radius 1 is 1.24 bits per heavy atom. The lowest BCUT2D eigenvalue weighted by Gasteiger charge is -2.19. The van der Waals surface area contributed by atoms with E-state index < -0.39 is 0 Å². The minimum Gasteiger partial charge on any atom is -0.385 e. The molecular formula is C14H28N2O. The number of rotatable bonds is 8. The first-order valence-corrected chi connectivity index (χ1v) is 7.29. The first-order chi connectivity index (χ1) is 8.31. The van der Waals surface area contributed by atoms with Gasteiger partial charge in [0, 0.05) is 38.4 Å². The zero-order valence-corrected chi connectivity index (χ0v) is 11.5. The summed E-state index contributed by atoms with van der Waals surface area (Å²) in [4.78, 5) is 2.71. The summed E-state index contributed by atoms with van der Waals surface area (Å²) in [5.74, 6) is 0. The van der Waals surface area contributed by atoms with Gasteiger partial charge in [-0.15, -0.1) is 0 Å². The van der Waals surface area contributed by atoms with Crippen molar-refractivity contribution in [2.45, 2.75) is 63.6 Å². The zero-order chi connectivity index (χ0) is 12.1. The second kappa shape index (κ2) is 6.72. The van der Waals surface area contributed by atoms with Crippen molar-refractivity contribution in [3.05, 3.63) is 0 Å². The average Bonchev–Trinajstić information content (AvgIpc) is 3.08. The first kappa shape index (κ1) is 13.3. The molecule has 17 heavy (non-hydrogen) atoms. The van der Waals surface area contributed by atoms with E-state index >= 15 is 0 Å². The number of hydrogen-bond acceptors (Lipinski definition) is 3. The van der Waals surface area contributed by atoms with E-state index in [4.69, 9.17) is 4.74 Å². The molecule has 2 atom stereocenters. The fraction of sp³-hybridized carbons (Fsp3) is 1.00. The number of unbranched alkanes of at least 4 members (excludes halogenated alkanes) is 2. The van der Waals surface area contributed by atoms with Crippen LogP contribution in [0.25, 0.3) is 0 Å². The molecule has 3 nitrogen and oxygen atoms in total. The molecule has 2 aliphatic rings. The van der Waals surface area contributed by atoms with Gasteiger partial charge in [-0.05, 0) is 52.0 Å². The van der Waals surface area contributed by atoms with E-state index in [9.17, 15) is 0 Å². The molecule has 1 saturated carbocycles. The third-order valence-electron chi connectivity index (χ3n) is 4.10. The molecular weight excluding hydrogens is 212 g/mol. The van der Waals surface area contributed by atoms with Gasteiger partial charge in [-0.2, -0.15) is 0 Å². The third-order valence-corrected chi connectivity index (χ3v) is 4.10. The van der Waals surface area contributed by atoms with Crippen molar-refractivity contribution in [3.63, 3.8) is 0 Å². The monoisotopic (exact) mass is 240 g/mol. The summed E-state index contributed by atoms with van der Waals surface area (Å²) in [5.41, 5.74) is 0. The molecule has 0 aromatic heterocycles. The normalized spacial score (nSPS) is 30.0. The maximum absolute atomic E-state index is 5.06.